The number of hydrogen-bond donors (Lipinski definition) is 3. The number of pyridine rings is 1. The van der Waals surface area contributed by atoms with Crippen LogP contribution in [0.25, 0.3) is 22.4 Å². The summed E-state index contributed by atoms with van der Waals surface area (Å²) in [6, 6.07) is 7.40. The molecule has 0 unspecified atom stereocenters. The van der Waals surface area contributed by atoms with E-state index in [2.05, 4.69) is 62.1 Å². The number of carbonyl (C=O) groups is 1. The standard InChI is InChI=1S/C24H31N5O2/c1-8-25-22(31)29-19-13-26-18-10-9-17(27-21(18)28-19)14-11-15(23(2,3)4)20(30)16(12-14)24(5,6)7/h9-13,30H,8H2,1-7H3,(H2,25,27,28,29,31). The van der Waals surface area contributed by atoms with E-state index in [0.717, 1.165) is 22.4 Å². The molecule has 3 rings (SSSR count). The van der Waals surface area contributed by atoms with Crippen LogP contribution in [0.1, 0.15) is 59.6 Å². The van der Waals surface area contributed by atoms with Gasteiger partial charge in [0.1, 0.15) is 11.3 Å². The highest BCUT2D eigenvalue weighted by Gasteiger charge is 2.27. The van der Waals surface area contributed by atoms with Crippen molar-refractivity contribution in [1.82, 2.24) is 20.3 Å². The van der Waals surface area contributed by atoms with Gasteiger partial charge in [0.15, 0.2) is 11.5 Å². The molecule has 0 spiro atoms. The van der Waals surface area contributed by atoms with Crippen LogP contribution in [-0.4, -0.2) is 32.6 Å². The van der Waals surface area contributed by atoms with Crippen molar-refractivity contribution in [2.45, 2.75) is 59.3 Å². The van der Waals surface area contributed by atoms with Crippen LogP contribution in [-0.2, 0) is 10.8 Å². The van der Waals surface area contributed by atoms with Gasteiger partial charge in [-0.3, -0.25) is 5.32 Å². The molecule has 0 saturated heterocycles. The van der Waals surface area contributed by atoms with E-state index in [1.54, 1.807) is 0 Å². The maximum Gasteiger partial charge on any atom is 0.320 e. The number of rotatable bonds is 3. The van der Waals surface area contributed by atoms with Gasteiger partial charge in [-0.1, -0.05) is 41.5 Å². The van der Waals surface area contributed by atoms with Crippen molar-refractivity contribution in [2.24, 2.45) is 0 Å². The van der Waals surface area contributed by atoms with Gasteiger partial charge >= 0.3 is 6.03 Å². The third-order valence-electron chi connectivity index (χ3n) is 5.01. The van der Waals surface area contributed by atoms with Crippen molar-refractivity contribution in [3.05, 3.63) is 41.6 Å². The summed E-state index contributed by atoms with van der Waals surface area (Å²) >= 11 is 0. The summed E-state index contributed by atoms with van der Waals surface area (Å²) in [6.45, 7) is 14.8. The van der Waals surface area contributed by atoms with E-state index in [-0.39, 0.29) is 16.9 Å². The zero-order chi connectivity index (χ0) is 23.0. The zero-order valence-corrected chi connectivity index (χ0v) is 19.3. The lowest BCUT2D eigenvalue weighted by molar-refractivity contribution is 0.252. The number of phenolic OH excluding ortho intramolecular Hbond substituents is 1. The molecule has 3 N–H and O–H groups in total. The second-order valence-corrected chi connectivity index (χ2v) is 9.70. The molecule has 2 amide bonds. The minimum atomic E-state index is -0.338. The van der Waals surface area contributed by atoms with Gasteiger partial charge in [0, 0.05) is 23.2 Å². The predicted molar refractivity (Wildman–Crippen MR) is 125 cm³/mol. The summed E-state index contributed by atoms with van der Waals surface area (Å²) in [5.74, 6) is 0.664. The molecule has 2 heterocycles. The number of fused-ring (bicyclic) bond motifs is 1. The molecule has 0 radical (unpaired) electrons. The molecular formula is C24H31N5O2. The first kappa shape index (κ1) is 22.5. The van der Waals surface area contributed by atoms with Crippen LogP contribution in [0.4, 0.5) is 10.6 Å². The van der Waals surface area contributed by atoms with Crippen LogP contribution in [0.3, 0.4) is 0 Å². The highest BCUT2D eigenvalue weighted by molar-refractivity contribution is 5.89. The summed E-state index contributed by atoms with van der Waals surface area (Å²) in [4.78, 5) is 25.3. The van der Waals surface area contributed by atoms with E-state index >= 15 is 0 Å². The van der Waals surface area contributed by atoms with E-state index in [1.807, 2.05) is 31.2 Å². The molecule has 7 nitrogen and oxygen atoms in total. The molecule has 0 saturated carbocycles. The Morgan fingerprint density at radius 3 is 2.16 bits per heavy atom. The lowest BCUT2D eigenvalue weighted by atomic mass is 9.78. The Kier molecular flexibility index (Phi) is 5.89. The van der Waals surface area contributed by atoms with Crippen molar-refractivity contribution in [1.29, 1.82) is 0 Å². The minimum absolute atomic E-state index is 0.236. The third-order valence-corrected chi connectivity index (χ3v) is 5.01. The monoisotopic (exact) mass is 421 g/mol. The molecule has 0 aliphatic rings. The fraction of sp³-hybridized carbons (Fsp3) is 0.417. The molecule has 1 aromatic carbocycles. The Morgan fingerprint density at radius 2 is 1.61 bits per heavy atom. The summed E-state index contributed by atoms with van der Waals surface area (Å²) in [6.07, 6.45) is 1.51. The molecule has 2 aromatic heterocycles. The Hall–Kier alpha value is -3.22. The average Bonchev–Trinajstić information content (AvgIpc) is 2.66. The Labute approximate surface area is 183 Å². The number of nitrogens with zero attached hydrogens (tertiary/aromatic N) is 3. The summed E-state index contributed by atoms with van der Waals surface area (Å²) in [5.41, 5.74) is 3.97. The quantitative estimate of drug-likeness (QED) is 0.544. The van der Waals surface area contributed by atoms with Crippen LogP contribution in [0.15, 0.2) is 30.5 Å². The normalized spacial score (nSPS) is 12.1. The lowest BCUT2D eigenvalue weighted by Gasteiger charge is -2.28. The average molecular weight is 422 g/mol. The molecule has 0 fully saturated rings. The molecule has 0 bridgehead atoms. The topological polar surface area (TPSA) is 100 Å². The fourth-order valence-corrected chi connectivity index (χ4v) is 3.37. The first-order valence-electron chi connectivity index (χ1n) is 10.5. The first-order chi connectivity index (χ1) is 14.4. The number of phenols is 1. The van der Waals surface area contributed by atoms with Crippen molar-refractivity contribution in [2.75, 3.05) is 11.9 Å². The van der Waals surface area contributed by atoms with Crippen molar-refractivity contribution >= 4 is 23.0 Å². The summed E-state index contributed by atoms with van der Waals surface area (Å²) in [7, 11) is 0. The number of nitrogens with one attached hydrogen (secondary N) is 2. The van der Waals surface area contributed by atoms with Gasteiger partial charge in [-0.2, -0.15) is 0 Å². The number of anilines is 1. The van der Waals surface area contributed by atoms with Gasteiger partial charge in [0.25, 0.3) is 0 Å². The van der Waals surface area contributed by atoms with E-state index in [0.29, 0.717) is 29.3 Å². The molecule has 7 heteroatoms. The number of aromatic hydroxyl groups is 1. The molecule has 0 aliphatic heterocycles. The number of aromatic nitrogens is 3. The smallest absolute Gasteiger partial charge is 0.320 e. The van der Waals surface area contributed by atoms with Crippen molar-refractivity contribution < 1.29 is 9.90 Å². The maximum atomic E-state index is 11.8. The molecule has 164 valence electrons. The fourth-order valence-electron chi connectivity index (χ4n) is 3.37. The minimum Gasteiger partial charge on any atom is -0.507 e. The second-order valence-electron chi connectivity index (χ2n) is 9.70. The molecule has 3 aromatic rings. The zero-order valence-electron chi connectivity index (χ0n) is 19.3. The van der Waals surface area contributed by atoms with E-state index in [1.165, 1.54) is 6.20 Å². The van der Waals surface area contributed by atoms with Gasteiger partial charge in [0.05, 0.1) is 11.9 Å². The van der Waals surface area contributed by atoms with Gasteiger partial charge in [-0.05, 0) is 42.0 Å². The number of urea groups is 1. The summed E-state index contributed by atoms with van der Waals surface area (Å²) < 4.78 is 0. The predicted octanol–water partition coefficient (Wildman–Crippen LogP) is 5.13. The molecule has 31 heavy (non-hydrogen) atoms. The largest absolute Gasteiger partial charge is 0.507 e. The Bertz CT molecular complexity index is 1090. The van der Waals surface area contributed by atoms with E-state index < -0.39 is 0 Å². The van der Waals surface area contributed by atoms with Gasteiger partial charge in [0.2, 0.25) is 0 Å². The molecule has 0 aliphatic carbocycles. The Balaban J connectivity index is 2.13. The van der Waals surface area contributed by atoms with Crippen LogP contribution < -0.4 is 10.6 Å². The molecular weight excluding hydrogens is 390 g/mol. The second kappa shape index (κ2) is 8.13. The Morgan fingerprint density at radius 1 is 1.00 bits per heavy atom. The number of benzene rings is 1. The highest BCUT2D eigenvalue weighted by Crippen LogP contribution is 2.41. The van der Waals surface area contributed by atoms with Gasteiger partial charge in [-0.15, -0.1) is 0 Å². The first-order valence-corrected chi connectivity index (χ1v) is 10.5. The van der Waals surface area contributed by atoms with Gasteiger partial charge in [-0.25, -0.2) is 19.7 Å². The SMILES string of the molecule is CCNC(=O)Nc1cnc2ccc(-c3cc(C(C)(C)C)c(O)c(C(C)(C)C)c3)nc2n1. The van der Waals surface area contributed by atoms with E-state index in [4.69, 9.17) is 4.98 Å². The van der Waals surface area contributed by atoms with Crippen molar-refractivity contribution in [3.63, 3.8) is 0 Å². The molecule has 0 atom stereocenters. The van der Waals surface area contributed by atoms with Crippen LogP contribution in [0.5, 0.6) is 5.75 Å². The number of amides is 2. The van der Waals surface area contributed by atoms with Crippen LogP contribution >= 0.6 is 0 Å². The lowest BCUT2D eigenvalue weighted by Crippen LogP contribution is -2.28. The van der Waals surface area contributed by atoms with Crippen LogP contribution in [0, 0.1) is 0 Å². The summed E-state index contributed by atoms with van der Waals surface area (Å²) in [5, 5.41) is 16.3. The number of hydrogen-bond acceptors (Lipinski definition) is 5. The van der Waals surface area contributed by atoms with Crippen LogP contribution in [0.2, 0.25) is 0 Å². The van der Waals surface area contributed by atoms with Gasteiger partial charge < -0.3 is 10.4 Å². The maximum absolute atomic E-state index is 11.8. The van der Waals surface area contributed by atoms with Crippen molar-refractivity contribution in [3.8, 4) is 17.0 Å². The van der Waals surface area contributed by atoms with E-state index in [9.17, 15) is 9.90 Å². The highest BCUT2D eigenvalue weighted by atomic mass is 16.3. The third kappa shape index (κ3) is 4.93. The number of carbonyl (C=O) groups excluding carboxylic acids is 1.